The highest BCUT2D eigenvalue weighted by molar-refractivity contribution is 6.30. The summed E-state index contributed by atoms with van der Waals surface area (Å²) in [5.74, 6) is 0.772. The summed E-state index contributed by atoms with van der Waals surface area (Å²) >= 11 is 5.86. The second-order valence-electron chi connectivity index (χ2n) is 2.95. The van der Waals surface area contributed by atoms with Crippen LogP contribution in [0.4, 0.5) is 0 Å². The highest BCUT2D eigenvalue weighted by Crippen LogP contribution is 2.20. The van der Waals surface area contributed by atoms with Crippen LogP contribution in [0, 0.1) is 6.92 Å². The van der Waals surface area contributed by atoms with E-state index in [1.54, 1.807) is 7.11 Å². The van der Waals surface area contributed by atoms with Crippen LogP contribution in [0.25, 0.3) is 11.0 Å². The van der Waals surface area contributed by atoms with Crippen molar-refractivity contribution in [1.82, 2.24) is 9.97 Å². The SMILES string of the molecule is COc1ccc2nc(Cl)c(C)nc2c1. The maximum Gasteiger partial charge on any atom is 0.150 e. The Labute approximate surface area is 86.7 Å². The van der Waals surface area contributed by atoms with E-state index in [0.717, 1.165) is 22.5 Å². The number of fused-ring (bicyclic) bond motifs is 1. The molecular weight excluding hydrogens is 200 g/mol. The number of rotatable bonds is 1. The highest BCUT2D eigenvalue weighted by atomic mass is 35.5. The predicted molar refractivity (Wildman–Crippen MR) is 55.8 cm³/mol. The van der Waals surface area contributed by atoms with Gasteiger partial charge in [0.1, 0.15) is 5.75 Å². The third-order valence-corrected chi connectivity index (χ3v) is 2.35. The van der Waals surface area contributed by atoms with Crippen molar-refractivity contribution in [2.75, 3.05) is 7.11 Å². The van der Waals surface area contributed by atoms with Crippen LogP contribution in [0.1, 0.15) is 5.69 Å². The molecule has 0 bridgehead atoms. The molecule has 2 aromatic rings. The van der Waals surface area contributed by atoms with Gasteiger partial charge in [-0.1, -0.05) is 11.6 Å². The van der Waals surface area contributed by atoms with Crippen LogP contribution < -0.4 is 4.74 Å². The fourth-order valence-electron chi connectivity index (χ4n) is 1.23. The van der Waals surface area contributed by atoms with Crippen LogP contribution in [0.15, 0.2) is 18.2 Å². The lowest BCUT2D eigenvalue weighted by atomic mass is 10.3. The molecule has 1 heterocycles. The Morgan fingerprint density at radius 3 is 2.71 bits per heavy atom. The van der Waals surface area contributed by atoms with Crippen molar-refractivity contribution in [3.8, 4) is 5.75 Å². The quantitative estimate of drug-likeness (QED) is 0.723. The summed E-state index contributed by atoms with van der Waals surface area (Å²) in [5, 5.41) is 0.447. The third kappa shape index (κ3) is 1.51. The molecule has 1 aromatic heterocycles. The van der Waals surface area contributed by atoms with Gasteiger partial charge >= 0.3 is 0 Å². The molecule has 3 nitrogen and oxygen atoms in total. The van der Waals surface area contributed by atoms with E-state index in [-0.39, 0.29) is 0 Å². The Balaban J connectivity index is 2.70. The van der Waals surface area contributed by atoms with Gasteiger partial charge in [0.25, 0.3) is 0 Å². The van der Waals surface area contributed by atoms with Gasteiger partial charge in [0.15, 0.2) is 5.15 Å². The number of ether oxygens (including phenoxy) is 1. The number of hydrogen-bond acceptors (Lipinski definition) is 3. The van der Waals surface area contributed by atoms with Gasteiger partial charge in [-0.05, 0) is 19.1 Å². The zero-order valence-electron chi connectivity index (χ0n) is 7.91. The van der Waals surface area contributed by atoms with E-state index in [2.05, 4.69) is 9.97 Å². The molecule has 0 saturated heterocycles. The molecule has 2 rings (SSSR count). The molecule has 0 spiro atoms. The van der Waals surface area contributed by atoms with Crippen LogP contribution in [0.3, 0.4) is 0 Å². The number of hydrogen-bond donors (Lipinski definition) is 0. The smallest absolute Gasteiger partial charge is 0.150 e. The first kappa shape index (κ1) is 9.21. The number of aryl methyl sites for hydroxylation is 1. The van der Waals surface area contributed by atoms with Crippen molar-refractivity contribution < 1.29 is 4.74 Å². The lowest BCUT2D eigenvalue weighted by molar-refractivity contribution is 0.415. The minimum absolute atomic E-state index is 0.447. The first-order valence-corrected chi connectivity index (χ1v) is 4.56. The van der Waals surface area contributed by atoms with E-state index in [1.165, 1.54) is 0 Å². The number of aromatic nitrogens is 2. The van der Waals surface area contributed by atoms with Crippen molar-refractivity contribution in [2.24, 2.45) is 0 Å². The average molecular weight is 209 g/mol. The Morgan fingerprint density at radius 2 is 2.00 bits per heavy atom. The zero-order chi connectivity index (χ0) is 10.1. The fraction of sp³-hybridized carbons (Fsp3) is 0.200. The van der Waals surface area contributed by atoms with E-state index in [4.69, 9.17) is 16.3 Å². The van der Waals surface area contributed by atoms with Crippen LogP contribution >= 0.6 is 11.6 Å². The zero-order valence-corrected chi connectivity index (χ0v) is 8.67. The lowest BCUT2D eigenvalue weighted by Gasteiger charge is -2.03. The molecule has 14 heavy (non-hydrogen) atoms. The maximum absolute atomic E-state index is 5.86. The van der Waals surface area contributed by atoms with Gasteiger partial charge in [-0.15, -0.1) is 0 Å². The largest absolute Gasteiger partial charge is 0.497 e. The number of benzene rings is 1. The van der Waals surface area contributed by atoms with Crippen LogP contribution in [0.5, 0.6) is 5.75 Å². The molecule has 0 radical (unpaired) electrons. The Bertz CT molecular complexity index is 485. The summed E-state index contributed by atoms with van der Waals surface area (Å²) in [6, 6.07) is 5.51. The van der Waals surface area contributed by atoms with Crippen molar-refractivity contribution in [1.29, 1.82) is 0 Å². The average Bonchev–Trinajstić information content (AvgIpc) is 2.19. The van der Waals surface area contributed by atoms with E-state index in [1.807, 2.05) is 25.1 Å². The first-order chi connectivity index (χ1) is 6.70. The number of methoxy groups -OCH3 is 1. The molecule has 0 saturated carbocycles. The summed E-state index contributed by atoms with van der Waals surface area (Å²) in [6.07, 6.45) is 0. The highest BCUT2D eigenvalue weighted by Gasteiger charge is 2.03. The molecule has 0 amide bonds. The van der Waals surface area contributed by atoms with Crippen molar-refractivity contribution in [3.63, 3.8) is 0 Å². The topological polar surface area (TPSA) is 35.0 Å². The molecule has 72 valence electrons. The monoisotopic (exact) mass is 208 g/mol. The lowest BCUT2D eigenvalue weighted by Crippen LogP contribution is -1.91. The van der Waals surface area contributed by atoms with Crippen molar-refractivity contribution >= 4 is 22.6 Å². The molecule has 0 atom stereocenters. The van der Waals surface area contributed by atoms with Gasteiger partial charge in [-0.25, -0.2) is 9.97 Å². The molecule has 0 aliphatic heterocycles. The predicted octanol–water partition coefficient (Wildman–Crippen LogP) is 2.60. The van der Waals surface area contributed by atoms with Crippen LogP contribution in [0.2, 0.25) is 5.15 Å². The molecule has 0 N–H and O–H groups in total. The number of halogens is 1. The third-order valence-electron chi connectivity index (χ3n) is 1.99. The van der Waals surface area contributed by atoms with Crippen molar-refractivity contribution in [2.45, 2.75) is 6.92 Å². The van der Waals surface area contributed by atoms with Gasteiger partial charge in [0.2, 0.25) is 0 Å². The van der Waals surface area contributed by atoms with Gasteiger partial charge in [-0.3, -0.25) is 0 Å². The van der Waals surface area contributed by atoms with E-state index < -0.39 is 0 Å². The maximum atomic E-state index is 5.86. The van der Waals surface area contributed by atoms with E-state index >= 15 is 0 Å². The molecule has 1 aromatic carbocycles. The molecule has 0 fully saturated rings. The fourth-order valence-corrected chi connectivity index (χ4v) is 1.36. The summed E-state index contributed by atoms with van der Waals surface area (Å²) in [4.78, 5) is 8.51. The molecular formula is C10H9ClN2O. The second-order valence-corrected chi connectivity index (χ2v) is 3.31. The summed E-state index contributed by atoms with van der Waals surface area (Å²) in [6.45, 7) is 1.83. The molecule has 4 heteroatoms. The minimum Gasteiger partial charge on any atom is -0.497 e. The van der Waals surface area contributed by atoms with Crippen molar-refractivity contribution in [3.05, 3.63) is 29.0 Å². The summed E-state index contributed by atoms with van der Waals surface area (Å²) < 4.78 is 5.09. The molecule has 0 unspecified atom stereocenters. The minimum atomic E-state index is 0.447. The Morgan fingerprint density at radius 1 is 1.21 bits per heavy atom. The van der Waals surface area contributed by atoms with Crippen LogP contribution in [-0.2, 0) is 0 Å². The summed E-state index contributed by atoms with van der Waals surface area (Å²) in [5.41, 5.74) is 2.31. The standard InChI is InChI=1S/C10H9ClN2O/c1-6-10(11)13-8-4-3-7(14-2)5-9(8)12-6/h3-5H,1-2H3. The van der Waals surface area contributed by atoms with E-state index in [9.17, 15) is 0 Å². The Kier molecular flexibility index (Phi) is 2.25. The molecule has 0 aliphatic carbocycles. The van der Waals surface area contributed by atoms with Gasteiger partial charge in [0, 0.05) is 6.07 Å². The number of nitrogens with zero attached hydrogens (tertiary/aromatic N) is 2. The van der Waals surface area contributed by atoms with Gasteiger partial charge in [-0.2, -0.15) is 0 Å². The van der Waals surface area contributed by atoms with Crippen LogP contribution in [-0.4, -0.2) is 17.1 Å². The van der Waals surface area contributed by atoms with Gasteiger partial charge in [0.05, 0.1) is 23.8 Å². The molecule has 0 aliphatic rings. The normalized spacial score (nSPS) is 10.5. The second kappa shape index (κ2) is 3.42. The Hall–Kier alpha value is -1.35. The van der Waals surface area contributed by atoms with Gasteiger partial charge < -0.3 is 4.74 Å². The first-order valence-electron chi connectivity index (χ1n) is 4.18. The summed E-state index contributed by atoms with van der Waals surface area (Å²) in [7, 11) is 1.62. The van der Waals surface area contributed by atoms with E-state index in [0.29, 0.717) is 5.15 Å².